The summed E-state index contributed by atoms with van der Waals surface area (Å²) in [6.07, 6.45) is 0. The Morgan fingerprint density at radius 2 is 1.09 bits per heavy atom. The number of rotatable bonds is 4. The lowest BCUT2D eigenvalue weighted by molar-refractivity contribution is 0.669. The van der Waals surface area contributed by atoms with Crippen molar-refractivity contribution in [3.8, 4) is 11.1 Å². The third-order valence-corrected chi connectivity index (χ3v) is 9.60. The molecule has 0 fully saturated rings. The molecule has 0 saturated heterocycles. The maximum atomic E-state index is 6.17. The zero-order valence-corrected chi connectivity index (χ0v) is 24.0. The highest BCUT2D eigenvalue weighted by molar-refractivity contribution is 7.25. The molecule has 7 aromatic carbocycles. The van der Waals surface area contributed by atoms with Crippen molar-refractivity contribution in [2.24, 2.45) is 0 Å². The second-order valence-electron chi connectivity index (χ2n) is 11.0. The molecular weight excluding hydrogens is 543 g/mol. The maximum Gasteiger partial charge on any atom is 0.136 e. The van der Waals surface area contributed by atoms with E-state index in [1.165, 1.54) is 47.5 Å². The fourth-order valence-corrected chi connectivity index (χ4v) is 7.49. The van der Waals surface area contributed by atoms with Crippen LogP contribution in [0.4, 0.5) is 17.1 Å². The normalized spacial score (nSPS) is 11.7. The number of furan rings is 1. The molecule has 2 nitrogen and oxygen atoms in total. The van der Waals surface area contributed by atoms with Crippen LogP contribution in [0.5, 0.6) is 0 Å². The van der Waals surface area contributed by atoms with Crippen LogP contribution in [-0.4, -0.2) is 0 Å². The van der Waals surface area contributed by atoms with Gasteiger partial charge < -0.3 is 9.32 Å². The van der Waals surface area contributed by atoms with E-state index in [4.69, 9.17) is 4.42 Å². The maximum absolute atomic E-state index is 6.17. The predicted octanol–water partition coefficient (Wildman–Crippen LogP) is 12.2. The molecule has 0 unspecified atom stereocenters. The molecule has 9 aromatic rings. The lowest BCUT2D eigenvalue weighted by atomic mass is 9.98. The van der Waals surface area contributed by atoms with Crippen LogP contribution in [0.15, 0.2) is 156 Å². The van der Waals surface area contributed by atoms with Crippen molar-refractivity contribution in [3.05, 3.63) is 152 Å². The fourth-order valence-electron chi connectivity index (χ4n) is 6.40. The van der Waals surface area contributed by atoms with Gasteiger partial charge >= 0.3 is 0 Å². The van der Waals surface area contributed by atoms with E-state index in [0.29, 0.717) is 0 Å². The molecular formula is C40H25NOS. The summed E-state index contributed by atoms with van der Waals surface area (Å²) in [4.78, 5) is 2.34. The molecule has 0 saturated carbocycles. The molecule has 0 aliphatic heterocycles. The molecule has 0 atom stereocenters. The minimum absolute atomic E-state index is 0.925. The van der Waals surface area contributed by atoms with Gasteiger partial charge in [-0.05, 0) is 88.6 Å². The summed E-state index contributed by atoms with van der Waals surface area (Å²) in [5, 5.41) is 7.37. The molecule has 2 aromatic heterocycles. The first-order valence-electron chi connectivity index (χ1n) is 14.5. The highest BCUT2D eigenvalue weighted by Crippen LogP contribution is 2.41. The van der Waals surface area contributed by atoms with Crippen LogP contribution in [0.25, 0.3) is 64.0 Å². The SMILES string of the molecule is c1ccc(N(c2ccc(-c3ccc4ccc5oc6ccccc6c5c4c3)cc2)c2ccc3sc4ccccc4c3c2)cc1. The van der Waals surface area contributed by atoms with Gasteiger partial charge in [-0.25, -0.2) is 0 Å². The number of fused-ring (bicyclic) bond motifs is 8. The molecule has 43 heavy (non-hydrogen) atoms. The van der Waals surface area contributed by atoms with Crippen molar-refractivity contribution < 1.29 is 4.42 Å². The summed E-state index contributed by atoms with van der Waals surface area (Å²) in [7, 11) is 0. The Hall–Kier alpha value is -5.38. The van der Waals surface area contributed by atoms with Crippen LogP contribution in [0.1, 0.15) is 0 Å². The largest absolute Gasteiger partial charge is 0.456 e. The van der Waals surface area contributed by atoms with E-state index in [0.717, 1.165) is 33.6 Å². The van der Waals surface area contributed by atoms with Crippen LogP contribution in [-0.2, 0) is 0 Å². The molecule has 9 rings (SSSR count). The molecule has 0 aliphatic carbocycles. The van der Waals surface area contributed by atoms with Crippen molar-refractivity contribution in [2.75, 3.05) is 4.90 Å². The van der Waals surface area contributed by atoms with Crippen LogP contribution < -0.4 is 4.90 Å². The van der Waals surface area contributed by atoms with Crippen LogP contribution in [0.2, 0.25) is 0 Å². The molecule has 202 valence electrons. The quantitative estimate of drug-likeness (QED) is 0.210. The van der Waals surface area contributed by atoms with Gasteiger partial charge in [0.05, 0.1) is 0 Å². The summed E-state index contributed by atoms with van der Waals surface area (Å²) >= 11 is 1.85. The van der Waals surface area contributed by atoms with Crippen molar-refractivity contribution in [1.29, 1.82) is 0 Å². The van der Waals surface area contributed by atoms with Gasteiger partial charge in [-0.3, -0.25) is 0 Å². The Morgan fingerprint density at radius 3 is 1.98 bits per heavy atom. The highest BCUT2D eigenvalue weighted by Gasteiger charge is 2.16. The Labute approximate surface area is 252 Å². The van der Waals surface area contributed by atoms with Crippen molar-refractivity contribution in [3.63, 3.8) is 0 Å². The van der Waals surface area contributed by atoms with Gasteiger partial charge in [0.15, 0.2) is 0 Å². The van der Waals surface area contributed by atoms with Crippen molar-refractivity contribution in [1.82, 2.24) is 0 Å². The van der Waals surface area contributed by atoms with Crippen LogP contribution in [0, 0.1) is 0 Å². The zero-order chi connectivity index (χ0) is 28.3. The molecule has 3 heteroatoms. The number of benzene rings is 7. The van der Waals surface area contributed by atoms with Gasteiger partial charge in [-0.1, -0.05) is 84.9 Å². The summed E-state index contributed by atoms with van der Waals surface area (Å²) < 4.78 is 8.80. The van der Waals surface area contributed by atoms with Gasteiger partial charge in [-0.2, -0.15) is 0 Å². The predicted molar refractivity (Wildman–Crippen MR) is 184 cm³/mol. The summed E-state index contributed by atoms with van der Waals surface area (Å²) in [5.74, 6) is 0. The monoisotopic (exact) mass is 567 g/mol. The average Bonchev–Trinajstić information content (AvgIpc) is 3.64. The molecule has 0 aliphatic rings. The standard InChI is InChI=1S/C40H25NOS/c1-2-8-29(9-3-1)41(31-21-23-39-35(25-31)32-10-5-7-13-38(32)43-39)30-19-16-26(17-20-30)28-15-14-27-18-22-37-40(34(27)24-28)33-11-4-6-12-36(33)42-37/h1-25H. The molecule has 0 spiro atoms. The van der Waals surface area contributed by atoms with E-state index in [9.17, 15) is 0 Å². The molecule has 0 bridgehead atoms. The number of thiophene rings is 1. The van der Waals surface area contributed by atoms with E-state index in [1.54, 1.807) is 0 Å². The smallest absolute Gasteiger partial charge is 0.136 e. The van der Waals surface area contributed by atoms with Gasteiger partial charge in [-0.15, -0.1) is 11.3 Å². The Balaban J connectivity index is 1.16. The fraction of sp³-hybridized carbons (Fsp3) is 0. The molecule has 0 amide bonds. The summed E-state index contributed by atoms with van der Waals surface area (Å²) in [6.45, 7) is 0. The average molecular weight is 568 g/mol. The lowest BCUT2D eigenvalue weighted by Crippen LogP contribution is -2.09. The van der Waals surface area contributed by atoms with Gasteiger partial charge in [0.2, 0.25) is 0 Å². The second-order valence-corrected chi connectivity index (χ2v) is 12.1. The second kappa shape index (κ2) is 9.59. The highest BCUT2D eigenvalue weighted by atomic mass is 32.1. The van der Waals surface area contributed by atoms with Gasteiger partial charge in [0.25, 0.3) is 0 Å². The first-order chi connectivity index (χ1) is 21.3. The Bertz CT molecular complexity index is 2450. The van der Waals surface area contributed by atoms with Crippen molar-refractivity contribution in [2.45, 2.75) is 0 Å². The topological polar surface area (TPSA) is 16.4 Å². The van der Waals surface area contributed by atoms with Crippen LogP contribution >= 0.6 is 11.3 Å². The van der Waals surface area contributed by atoms with Crippen LogP contribution in [0.3, 0.4) is 0 Å². The Kier molecular flexibility index (Phi) is 5.40. The lowest BCUT2D eigenvalue weighted by Gasteiger charge is -2.26. The minimum Gasteiger partial charge on any atom is -0.456 e. The van der Waals surface area contributed by atoms with Gasteiger partial charge in [0.1, 0.15) is 11.2 Å². The van der Waals surface area contributed by atoms with E-state index in [1.807, 2.05) is 23.5 Å². The summed E-state index contributed by atoms with van der Waals surface area (Å²) in [6, 6.07) is 54.3. The number of hydrogen-bond acceptors (Lipinski definition) is 3. The van der Waals surface area contributed by atoms with Gasteiger partial charge in [0, 0.05) is 48.0 Å². The molecule has 0 N–H and O–H groups in total. The third-order valence-electron chi connectivity index (χ3n) is 8.45. The zero-order valence-electron chi connectivity index (χ0n) is 23.2. The third kappa shape index (κ3) is 3.93. The molecule has 0 radical (unpaired) electrons. The molecule has 2 heterocycles. The number of nitrogens with zero attached hydrogens (tertiary/aromatic N) is 1. The van der Waals surface area contributed by atoms with Crippen molar-refractivity contribution >= 4 is 81.3 Å². The first kappa shape index (κ1) is 24.2. The van der Waals surface area contributed by atoms with E-state index in [-0.39, 0.29) is 0 Å². The Morgan fingerprint density at radius 1 is 0.419 bits per heavy atom. The number of hydrogen-bond donors (Lipinski definition) is 0. The van der Waals surface area contributed by atoms with E-state index >= 15 is 0 Å². The minimum atomic E-state index is 0.925. The first-order valence-corrected chi connectivity index (χ1v) is 15.3. The number of anilines is 3. The van der Waals surface area contributed by atoms with E-state index in [2.05, 4.69) is 144 Å². The number of para-hydroxylation sites is 2. The van der Waals surface area contributed by atoms with E-state index < -0.39 is 0 Å². The summed E-state index contributed by atoms with van der Waals surface area (Å²) in [5.41, 5.74) is 7.63.